The van der Waals surface area contributed by atoms with E-state index in [0.29, 0.717) is 0 Å². The molecule has 0 saturated heterocycles. The third kappa shape index (κ3) is 3.27. The van der Waals surface area contributed by atoms with Crippen molar-refractivity contribution >= 4 is 89.6 Å². The van der Waals surface area contributed by atoms with Gasteiger partial charge in [-0.3, -0.25) is 0 Å². The summed E-state index contributed by atoms with van der Waals surface area (Å²) in [6.45, 7) is 4.90. The summed E-state index contributed by atoms with van der Waals surface area (Å²) in [6.07, 6.45) is 0. The normalized spacial score (nSPS) is 15.6. The van der Waals surface area contributed by atoms with Crippen molar-refractivity contribution in [2.75, 3.05) is 9.80 Å². The molecule has 2 aromatic heterocycles. The molecule has 7 aromatic carbocycles. The van der Waals surface area contributed by atoms with Gasteiger partial charge >= 0.3 is 0 Å². The van der Waals surface area contributed by atoms with Crippen LogP contribution in [0.3, 0.4) is 0 Å². The Bertz CT molecular complexity index is 2960. The highest BCUT2D eigenvalue weighted by molar-refractivity contribution is 7.03. The lowest BCUT2D eigenvalue weighted by molar-refractivity contribution is 0.626. The van der Waals surface area contributed by atoms with Crippen LogP contribution in [0.4, 0.5) is 28.4 Å². The molecule has 0 unspecified atom stereocenters. The summed E-state index contributed by atoms with van der Waals surface area (Å²) in [5, 5.41) is 5.24. The van der Waals surface area contributed by atoms with Gasteiger partial charge in [-0.1, -0.05) is 123 Å². The molecule has 12 rings (SSSR count). The summed E-state index contributed by atoms with van der Waals surface area (Å²) < 4.78 is 2.52. The number of nitrogens with zero attached hydrogens (tertiary/aromatic N) is 3. The quantitative estimate of drug-likeness (QED) is 0.173. The fraction of sp³-hybridized carbons (Fsp3) is 0.0638. The van der Waals surface area contributed by atoms with E-state index in [1.165, 1.54) is 99.8 Å². The van der Waals surface area contributed by atoms with Gasteiger partial charge in [-0.15, -0.1) is 0 Å². The van der Waals surface area contributed by atoms with E-state index in [-0.39, 0.29) is 12.1 Å². The van der Waals surface area contributed by atoms with Gasteiger partial charge in [-0.05, 0) is 76.1 Å². The number of aromatic nitrogens is 1. The molecule has 0 fully saturated rings. The smallest absolute Gasteiger partial charge is 0.252 e. The second kappa shape index (κ2) is 9.50. The number of anilines is 5. The van der Waals surface area contributed by atoms with Gasteiger partial charge in [0.05, 0.1) is 22.2 Å². The zero-order chi connectivity index (χ0) is 33.6. The maximum absolute atomic E-state index is 2.57. The largest absolute Gasteiger partial charge is 0.314 e. The van der Waals surface area contributed by atoms with Gasteiger partial charge < -0.3 is 14.2 Å². The van der Waals surface area contributed by atoms with E-state index in [4.69, 9.17) is 0 Å². The molecule has 1 aliphatic carbocycles. The first-order valence-electron chi connectivity index (χ1n) is 18.0. The maximum Gasteiger partial charge on any atom is 0.252 e. The van der Waals surface area contributed by atoms with E-state index >= 15 is 0 Å². The lowest BCUT2D eigenvalue weighted by atomic mass is 9.32. The summed E-state index contributed by atoms with van der Waals surface area (Å²) in [5.41, 5.74) is 18.1. The third-order valence-corrected chi connectivity index (χ3v) is 12.0. The van der Waals surface area contributed by atoms with Crippen molar-refractivity contribution in [3.05, 3.63) is 175 Å². The molecule has 0 spiro atoms. The molecule has 0 radical (unpaired) electrons. The van der Waals surface area contributed by atoms with Gasteiger partial charge in [0.25, 0.3) is 6.71 Å². The summed E-state index contributed by atoms with van der Waals surface area (Å²) >= 11 is 0. The number of fused-ring (bicyclic) bond motifs is 12. The SMILES string of the molecule is CC1(C)C2=C(B3c4ccc5c(c4N(c4ccccc4)c4cccc(c43)N2c2ccccc2)c2cccc3c4ccccc4n5c32)c2ccccc21. The molecular weight excluding hydrogens is 617 g/mol. The summed E-state index contributed by atoms with van der Waals surface area (Å²) in [6, 6.07) is 58.7. The second-order valence-electron chi connectivity index (χ2n) is 14.9. The first-order chi connectivity index (χ1) is 25.1. The van der Waals surface area contributed by atoms with Crippen molar-refractivity contribution in [3.8, 4) is 0 Å². The topological polar surface area (TPSA) is 10.9 Å². The highest BCUT2D eigenvalue weighted by atomic mass is 15.2. The zero-order valence-corrected chi connectivity index (χ0v) is 28.4. The van der Waals surface area contributed by atoms with E-state index in [0.717, 1.165) is 0 Å². The third-order valence-electron chi connectivity index (χ3n) is 12.0. The van der Waals surface area contributed by atoms with Crippen molar-refractivity contribution in [3.63, 3.8) is 0 Å². The average Bonchev–Trinajstić information content (AvgIpc) is 3.79. The number of hydrogen-bond donors (Lipinski definition) is 0. The number of benzene rings is 7. The Balaban J connectivity index is 1.28. The maximum atomic E-state index is 2.57. The van der Waals surface area contributed by atoms with Crippen LogP contribution < -0.4 is 20.7 Å². The minimum Gasteiger partial charge on any atom is -0.314 e. The van der Waals surface area contributed by atoms with Crippen LogP contribution in [0.5, 0.6) is 0 Å². The van der Waals surface area contributed by atoms with E-state index in [1.54, 1.807) is 0 Å². The predicted octanol–water partition coefficient (Wildman–Crippen LogP) is 10.6. The van der Waals surface area contributed by atoms with Crippen LogP contribution in [0.2, 0.25) is 0 Å². The first kappa shape index (κ1) is 27.6. The number of allylic oxidation sites excluding steroid dienone is 1. The van der Waals surface area contributed by atoms with Crippen LogP contribution in [0.15, 0.2) is 163 Å². The van der Waals surface area contributed by atoms with Gasteiger partial charge in [0.1, 0.15) is 0 Å². The van der Waals surface area contributed by atoms with Crippen LogP contribution in [-0.2, 0) is 5.41 Å². The Kier molecular flexibility index (Phi) is 5.13. The monoisotopic (exact) mass is 649 g/mol. The highest BCUT2D eigenvalue weighted by Crippen LogP contribution is 2.56. The molecule has 0 N–H and O–H groups in total. The van der Waals surface area contributed by atoms with Crippen molar-refractivity contribution in [1.82, 2.24) is 4.40 Å². The van der Waals surface area contributed by atoms with Gasteiger partial charge in [-0.25, -0.2) is 0 Å². The number of hydrogen-bond acceptors (Lipinski definition) is 2. The molecule has 3 aliphatic rings. The minimum atomic E-state index is -0.203. The van der Waals surface area contributed by atoms with Crippen LogP contribution in [0.1, 0.15) is 25.0 Å². The molecular formula is C47H32BN3. The second-order valence-corrected chi connectivity index (χ2v) is 14.9. The summed E-state index contributed by atoms with van der Waals surface area (Å²) in [4.78, 5) is 5.14. The van der Waals surface area contributed by atoms with Crippen LogP contribution in [-0.4, -0.2) is 11.1 Å². The summed E-state index contributed by atoms with van der Waals surface area (Å²) in [7, 11) is 0. The van der Waals surface area contributed by atoms with Gasteiger partial charge in [0, 0.05) is 55.4 Å². The van der Waals surface area contributed by atoms with Crippen LogP contribution >= 0.6 is 0 Å². The molecule has 0 amide bonds. The lowest BCUT2D eigenvalue weighted by Gasteiger charge is -2.46. The minimum absolute atomic E-state index is 0.0604. The Morgan fingerprint density at radius 1 is 0.510 bits per heavy atom. The van der Waals surface area contributed by atoms with Gasteiger partial charge in [0.15, 0.2) is 0 Å². The molecule has 2 aliphatic heterocycles. The molecule has 0 saturated carbocycles. The predicted molar refractivity (Wildman–Crippen MR) is 216 cm³/mol. The van der Waals surface area contributed by atoms with Crippen molar-refractivity contribution in [2.24, 2.45) is 0 Å². The van der Waals surface area contributed by atoms with Crippen molar-refractivity contribution in [1.29, 1.82) is 0 Å². The zero-order valence-electron chi connectivity index (χ0n) is 28.4. The molecule has 4 heteroatoms. The summed E-state index contributed by atoms with van der Waals surface area (Å²) in [5.74, 6) is 0. The Morgan fingerprint density at radius 3 is 1.94 bits per heavy atom. The molecule has 9 aromatic rings. The molecule has 0 atom stereocenters. The van der Waals surface area contributed by atoms with Crippen LogP contribution in [0.25, 0.3) is 43.6 Å². The van der Waals surface area contributed by atoms with Gasteiger partial charge in [-0.2, -0.15) is 0 Å². The van der Waals surface area contributed by atoms with E-state index in [9.17, 15) is 0 Å². The fourth-order valence-electron chi connectivity index (χ4n) is 10.2. The molecule has 0 bridgehead atoms. The standard InChI is InChI=1S/C47H32BN3/c1-47(2)35-23-11-9-20-33(35)42-46(47)50(30-17-7-4-8-18-30)40-26-14-25-39-43(40)48(42)36-27-28-38-41(45(36)49(39)29-15-5-3-6-16-29)34-22-13-21-32-31-19-10-12-24-37(31)51(38)44(32)34/h3-28H,1-2H3. The molecule has 3 nitrogen and oxygen atoms in total. The molecule has 4 heterocycles. The number of para-hydroxylation sites is 4. The van der Waals surface area contributed by atoms with E-state index in [2.05, 4.69) is 186 Å². The highest BCUT2D eigenvalue weighted by Gasteiger charge is 2.52. The van der Waals surface area contributed by atoms with E-state index < -0.39 is 0 Å². The molecule has 238 valence electrons. The number of rotatable bonds is 2. The Labute approximate surface area is 296 Å². The fourth-order valence-corrected chi connectivity index (χ4v) is 10.2. The first-order valence-corrected chi connectivity index (χ1v) is 18.0. The molecule has 51 heavy (non-hydrogen) atoms. The Morgan fingerprint density at radius 2 is 1.14 bits per heavy atom. The van der Waals surface area contributed by atoms with Crippen molar-refractivity contribution < 1.29 is 0 Å². The average molecular weight is 650 g/mol. The van der Waals surface area contributed by atoms with Gasteiger partial charge in [0.2, 0.25) is 0 Å². The lowest BCUT2D eigenvalue weighted by Crippen LogP contribution is -2.55. The van der Waals surface area contributed by atoms with Crippen LogP contribution in [0, 0.1) is 0 Å². The van der Waals surface area contributed by atoms with Crippen molar-refractivity contribution in [2.45, 2.75) is 19.3 Å². The Hall–Kier alpha value is -6.26. The van der Waals surface area contributed by atoms with E-state index in [1.807, 2.05) is 0 Å².